The molecule has 3 rings (SSSR count). The fourth-order valence-electron chi connectivity index (χ4n) is 2.85. The number of Topliss-reactive ketones (excluding diaryl/α,β-unsaturated/α-hetero) is 1. The lowest BCUT2D eigenvalue weighted by molar-refractivity contribution is 0.0931. The lowest BCUT2D eigenvalue weighted by Crippen LogP contribution is -2.37. The highest BCUT2D eigenvalue weighted by Gasteiger charge is 2.25. The van der Waals surface area contributed by atoms with Gasteiger partial charge in [-0.2, -0.15) is 0 Å². The number of amides is 1. The van der Waals surface area contributed by atoms with Crippen molar-refractivity contribution in [3.8, 4) is 0 Å². The number of aromatic nitrogens is 2. The van der Waals surface area contributed by atoms with Crippen LogP contribution in [0.4, 0.5) is 0 Å². The van der Waals surface area contributed by atoms with E-state index in [1.807, 2.05) is 35.8 Å². The normalized spacial score (nSPS) is 20.8. The number of thiophene rings is 1. The number of nitrogens with one attached hydrogen (secondary N) is 1. The first-order valence-corrected chi connectivity index (χ1v) is 9.78. The lowest BCUT2D eigenvalue weighted by atomic mass is 9.95. The number of hydrogen-bond donors (Lipinski definition) is 1. The molecule has 1 aliphatic carbocycles. The zero-order chi connectivity index (χ0) is 17.1. The second-order valence-corrected chi connectivity index (χ2v) is 8.46. The maximum Gasteiger partial charge on any atom is 0.261 e. The molecular formula is C17H21N3O2S2. The van der Waals surface area contributed by atoms with Crippen LogP contribution >= 0.6 is 23.1 Å². The Hall–Kier alpha value is -1.60. The van der Waals surface area contributed by atoms with E-state index in [0.29, 0.717) is 15.0 Å². The molecule has 128 valence electrons. The molecular weight excluding hydrogens is 342 g/mol. The minimum atomic E-state index is -0.0623. The molecule has 2 aromatic heterocycles. The monoisotopic (exact) mass is 363 g/mol. The van der Waals surface area contributed by atoms with E-state index >= 15 is 0 Å². The summed E-state index contributed by atoms with van der Waals surface area (Å²) in [5.41, 5.74) is 0. The molecule has 7 heteroatoms. The van der Waals surface area contributed by atoms with Gasteiger partial charge in [-0.1, -0.05) is 11.8 Å². The average molecular weight is 364 g/mol. The van der Waals surface area contributed by atoms with Crippen molar-refractivity contribution in [2.24, 2.45) is 7.05 Å². The van der Waals surface area contributed by atoms with Gasteiger partial charge in [-0.15, -0.1) is 11.3 Å². The third-order valence-corrected chi connectivity index (χ3v) is 6.83. The number of nitrogens with zero attached hydrogens (tertiary/aromatic N) is 2. The van der Waals surface area contributed by atoms with Crippen molar-refractivity contribution in [1.82, 2.24) is 14.9 Å². The van der Waals surface area contributed by atoms with E-state index in [9.17, 15) is 9.59 Å². The molecule has 24 heavy (non-hydrogen) atoms. The quantitative estimate of drug-likeness (QED) is 0.826. The highest BCUT2D eigenvalue weighted by Crippen LogP contribution is 2.32. The molecule has 0 saturated heterocycles. The minimum absolute atomic E-state index is 0.00543. The molecule has 0 unspecified atom stereocenters. The van der Waals surface area contributed by atoms with Gasteiger partial charge in [-0.05, 0) is 44.7 Å². The van der Waals surface area contributed by atoms with Crippen LogP contribution in [0.25, 0.3) is 0 Å². The van der Waals surface area contributed by atoms with Crippen LogP contribution < -0.4 is 5.32 Å². The number of carbonyl (C=O) groups excluding carboxylic acids is 2. The lowest BCUT2D eigenvalue weighted by Gasteiger charge is -2.28. The number of aryl methyl sites for hydroxylation is 1. The van der Waals surface area contributed by atoms with Gasteiger partial charge in [0.25, 0.3) is 5.91 Å². The van der Waals surface area contributed by atoms with Crippen LogP contribution in [0.2, 0.25) is 0 Å². The molecule has 1 saturated carbocycles. The Kier molecular flexibility index (Phi) is 5.40. The van der Waals surface area contributed by atoms with Crippen LogP contribution in [0.5, 0.6) is 0 Å². The Balaban J connectivity index is 1.48. The van der Waals surface area contributed by atoms with Crippen molar-refractivity contribution >= 4 is 34.8 Å². The summed E-state index contributed by atoms with van der Waals surface area (Å²) in [5.74, 6) is -0.0569. The van der Waals surface area contributed by atoms with Crippen molar-refractivity contribution < 1.29 is 9.59 Å². The molecule has 0 aromatic carbocycles. The van der Waals surface area contributed by atoms with E-state index in [2.05, 4.69) is 10.3 Å². The summed E-state index contributed by atoms with van der Waals surface area (Å²) >= 11 is 3.09. The van der Waals surface area contributed by atoms with Crippen LogP contribution in [-0.4, -0.2) is 32.5 Å². The average Bonchev–Trinajstić information content (AvgIpc) is 3.19. The molecule has 1 fully saturated rings. The summed E-state index contributed by atoms with van der Waals surface area (Å²) in [5, 5.41) is 4.72. The first-order valence-electron chi connectivity index (χ1n) is 8.08. The largest absolute Gasteiger partial charge is 0.349 e. The summed E-state index contributed by atoms with van der Waals surface area (Å²) in [4.78, 5) is 29.2. The van der Waals surface area contributed by atoms with Gasteiger partial charge < -0.3 is 9.88 Å². The van der Waals surface area contributed by atoms with Gasteiger partial charge in [0, 0.05) is 30.7 Å². The third kappa shape index (κ3) is 4.08. The van der Waals surface area contributed by atoms with E-state index in [4.69, 9.17) is 0 Å². The smallest absolute Gasteiger partial charge is 0.261 e. The molecule has 0 radical (unpaired) electrons. The summed E-state index contributed by atoms with van der Waals surface area (Å²) in [6.45, 7) is 1.52. The van der Waals surface area contributed by atoms with Gasteiger partial charge >= 0.3 is 0 Å². The third-order valence-electron chi connectivity index (χ3n) is 4.24. The molecule has 0 bridgehead atoms. The van der Waals surface area contributed by atoms with Crippen LogP contribution in [0, 0.1) is 0 Å². The summed E-state index contributed by atoms with van der Waals surface area (Å²) < 4.78 is 2.04. The van der Waals surface area contributed by atoms with Crippen LogP contribution in [0.15, 0.2) is 29.7 Å². The maximum absolute atomic E-state index is 12.3. The molecule has 1 N–H and O–H groups in total. The Morgan fingerprint density at radius 2 is 1.96 bits per heavy atom. The highest BCUT2D eigenvalue weighted by atomic mass is 32.2. The Morgan fingerprint density at radius 3 is 2.54 bits per heavy atom. The topological polar surface area (TPSA) is 64.0 Å². The molecule has 1 amide bonds. The second-order valence-electron chi connectivity index (χ2n) is 6.11. The first-order chi connectivity index (χ1) is 11.5. The molecule has 2 heterocycles. The number of ketones is 1. The Bertz CT molecular complexity index is 730. The Morgan fingerprint density at radius 1 is 1.25 bits per heavy atom. The number of carbonyl (C=O) groups is 2. The van der Waals surface area contributed by atoms with Crippen LogP contribution in [-0.2, 0) is 7.05 Å². The summed E-state index contributed by atoms with van der Waals surface area (Å²) in [6, 6.07) is 3.68. The summed E-state index contributed by atoms with van der Waals surface area (Å²) in [7, 11) is 2.01. The van der Waals surface area contributed by atoms with E-state index in [1.165, 1.54) is 18.3 Å². The number of imidazole rings is 1. The van der Waals surface area contributed by atoms with Crippen molar-refractivity contribution in [3.05, 3.63) is 34.3 Å². The van der Waals surface area contributed by atoms with E-state index in [-0.39, 0.29) is 17.7 Å². The number of thioether (sulfide) groups is 1. The first kappa shape index (κ1) is 17.2. The molecule has 0 spiro atoms. The van der Waals surface area contributed by atoms with Crippen molar-refractivity contribution in [3.63, 3.8) is 0 Å². The van der Waals surface area contributed by atoms with Gasteiger partial charge in [0.1, 0.15) is 0 Å². The predicted octanol–water partition coefficient (Wildman–Crippen LogP) is 3.52. The van der Waals surface area contributed by atoms with E-state index in [1.54, 1.807) is 12.1 Å². The predicted molar refractivity (Wildman–Crippen MR) is 96.9 cm³/mol. The van der Waals surface area contributed by atoms with Gasteiger partial charge in [0.2, 0.25) is 0 Å². The highest BCUT2D eigenvalue weighted by molar-refractivity contribution is 7.99. The van der Waals surface area contributed by atoms with Gasteiger partial charge in [-0.3, -0.25) is 9.59 Å². The zero-order valence-corrected chi connectivity index (χ0v) is 15.5. The number of hydrogen-bond acceptors (Lipinski definition) is 5. The van der Waals surface area contributed by atoms with Gasteiger partial charge in [0.05, 0.1) is 9.75 Å². The maximum atomic E-state index is 12.3. The Labute approximate surface area is 149 Å². The fourth-order valence-corrected chi connectivity index (χ4v) is 4.80. The molecule has 5 nitrogen and oxygen atoms in total. The molecule has 0 atom stereocenters. The van der Waals surface area contributed by atoms with Gasteiger partial charge in [-0.25, -0.2) is 4.98 Å². The van der Waals surface area contributed by atoms with Crippen LogP contribution in [0.1, 0.15) is 52.0 Å². The van der Waals surface area contributed by atoms with E-state index < -0.39 is 0 Å². The minimum Gasteiger partial charge on any atom is -0.349 e. The standard InChI is InChI=1S/C17H21N3O2S2/c1-11(21)14-7-8-15(24-14)16(22)19-12-3-5-13(6-4-12)23-17-18-9-10-20(17)2/h7-10,12-13H,3-6H2,1-2H3,(H,19,22). The van der Waals surface area contributed by atoms with Crippen molar-refractivity contribution in [2.45, 2.75) is 49.1 Å². The zero-order valence-electron chi connectivity index (χ0n) is 13.8. The van der Waals surface area contributed by atoms with Crippen molar-refractivity contribution in [2.75, 3.05) is 0 Å². The fraction of sp³-hybridized carbons (Fsp3) is 0.471. The molecule has 1 aliphatic rings. The summed E-state index contributed by atoms with van der Waals surface area (Å²) in [6.07, 6.45) is 7.91. The van der Waals surface area contributed by atoms with E-state index in [0.717, 1.165) is 30.8 Å². The molecule has 0 aliphatic heterocycles. The van der Waals surface area contributed by atoms with Gasteiger partial charge in [0.15, 0.2) is 10.9 Å². The SMILES string of the molecule is CC(=O)c1ccc(C(=O)NC2CCC(Sc3nccn3C)CC2)s1. The second kappa shape index (κ2) is 7.53. The van der Waals surface area contributed by atoms with Crippen molar-refractivity contribution in [1.29, 1.82) is 0 Å². The number of rotatable bonds is 5. The van der Waals surface area contributed by atoms with Crippen LogP contribution in [0.3, 0.4) is 0 Å². The molecule has 2 aromatic rings.